The van der Waals surface area contributed by atoms with Crippen LogP contribution in [0.4, 0.5) is 5.69 Å². The molecule has 1 aromatic heterocycles. The molecule has 0 aliphatic carbocycles. The van der Waals surface area contributed by atoms with Crippen LogP contribution in [0.3, 0.4) is 0 Å². The molecule has 29 heavy (non-hydrogen) atoms. The third-order valence-corrected chi connectivity index (χ3v) is 5.22. The molecule has 3 N–H and O–H groups in total. The average Bonchev–Trinajstić information content (AvgIpc) is 3.34. The lowest BCUT2D eigenvalue weighted by Gasteiger charge is -2.17. The van der Waals surface area contributed by atoms with Crippen molar-refractivity contribution in [2.24, 2.45) is 0 Å². The molecule has 0 spiro atoms. The van der Waals surface area contributed by atoms with Crippen molar-refractivity contribution in [2.75, 3.05) is 11.4 Å². The van der Waals surface area contributed by atoms with Gasteiger partial charge in [0.15, 0.2) is 0 Å². The molecule has 3 aromatic rings. The predicted octanol–water partition coefficient (Wildman–Crippen LogP) is 2.72. The van der Waals surface area contributed by atoms with E-state index in [4.69, 9.17) is 0 Å². The lowest BCUT2D eigenvalue weighted by Crippen LogP contribution is -2.42. The maximum absolute atomic E-state index is 12.6. The number of amides is 2. The van der Waals surface area contributed by atoms with E-state index in [1.54, 1.807) is 35.4 Å². The number of nitrogens with one attached hydrogen (secondary N) is 2. The summed E-state index contributed by atoms with van der Waals surface area (Å²) in [5.41, 5.74) is 2.85. The van der Waals surface area contributed by atoms with Crippen LogP contribution in [0.1, 0.15) is 28.8 Å². The van der Waals surface area contributed by atoms with Crippen LogP contribution in [-0.2, 0) is 16.0 Å². The number of aromatic amines is 1. The summed E-state index contributed by atoms with van der Waals surface area (Å²) in [4.78, 5) is 41.0. The number of rotatable bonds is 6. The van der Waals surface area contributed by atoms with Gasteiger partial charge < -0.3 is 20.3 Å². The third kappa shape index (κ3) is 3.85. The Morgan fingerprint density at radius 3 is 2.59 bits per heavy atom. The number of anilines is 1. The van der Waals surface area contributed by atoms with E-state index in [2.05, 4.69) is 10.3 Å². The van der Waals surface area contributed by atoms with Crippen molar-refractivity contribution in [3.8, 4) is 0 Å². The van der Waals surface area contributed by atoms with E-state index in [9.17, 15) is 19.5 Å². The first kappa shape index (κ1) is 18.7. The standard InChI is InChI=1S/C22H21N3O4/c26-20-6-3-11-25(20)16-9-7-14(8-10-16)21(27)24-19(22(28)29)12-15-13-23-18-5-2-1-4-17(15)18/h1-2,4-5,7-10,13,19,23H,3,6,11-12H2,(H,24,27)(H,28,29)/t19-/m0/s1. The summed E-state index contributed by atoms with van der Waals surface area (Å²) in [5, 5.41) is 13.1. The summed E-state index contributed by atoms with van der Waals surface area (Å²) >= 11 is 0. The smallest absolute Gasteiger partial charge is 0.326 e. The molecular weight excluding hydrogens is 370 g/mol. The predicted molar refractivity (Wildman–Crippen MR) is 109 cm³/mol. The van der Waals surface area contributed by atoms with Crippen molar-refractivity contribution in [1.29, 1.82) is 0 Å². The van der Waals surface area contributed by atoms with Gasteiger partial charge in [0.2, 0.25) is 5.91 Å². The normalized spacial score (nSPS) is 14.9. The van der Waals surface area contributed by atoms with Gasteiger partial charge in [-0.2, -0.15) is 0 Å². The van der Waals surface area contributed by atoms with Crippen LogP contribution in [0.5, 0.6) is 0 Å². The SMILES string of the molecule is O=C(N[C@@H](Cc1c[nH]c2ccccc12)C(=O)O)c1ccc(N2CCCC2=O)cc1. The van der Waals surface area contributed by atoms with Gasteiger partial charge in [0.25, 0.3) is 5.91 Å². The second-order valence-electron chi connectivity index (χ2n) is 7.12. The summed E-state index contributed by atoms with van der Waals surface area (Å²) in [5.74, 6) is -1.48. The lowest BCUT2D eigenvalue weighted by molar-refractivity contribution is -0.139. The summed E-state index contributed by atoms with van der Waals surface area (Å²) < 4.78 is 0. The number of carbonyl (C=O) groups is 3. The van der Waals surface area contributed by atoms with Crippen molar-refractivity contribution in [3.63, 3.8) is 0 Å². The second-order valence-corrected chi connectivity index (χ2v) is 7.12. The van der Waals surface area contributed by atoms with Crippen molar-refractivity contribution >= 4 is 34.4 Å². The van der Waals surface area contributed by atoms with Crippen LogP contribution in [0.15, 0.2) is 54.7 Å². The summed E-state index contributed by atoms with van der Waals surface area (Å²) in [6.45, 7) is 0.677. The van der Waals surface area contributed by atoms with Crippen molar-refractivity contribution < 1.29 is 19.5 Å². The maximum Gasteiger partial charge on any atom is 0.326 e. The molecule has 2 aromatic carbocycles. The second kappa shape index (κ2) is 7.79. The molecule has 0 radical (unpaired) electrons. The average molecular weight is 391 g/mol. The quantitative estimate of drug-likeness (QED) is 0.601. The summed E-state index contributed by atoms with van der Waals surface area (Å²) in [6.07, 6.45) is 3.31. The van der Waals surface area contributed by atoms with Crippen molar-refractivity contribution in [3.05, 3.63) is 65.9 Å². The van der Waals surface area contributed by atoms with Gasteiger partial charge in [0.05, 0.1) is 0 Å². The van der Waals surface area contributed by atoms with Crippen molar-refractivity contribution in [1.82, 2.24) is 10.3 Å². The number of nitrogens with zero attached hydrogens (tertiary/aromatic N) is 1. The van der Waals surface area contributed by atoms with E-state index in [-0.39, 0.29) is 12.3 Å². The Kier molecular flexibility index (Phi) is 5.03. The Morgan fingerprint density at radius 1 is 1.14 bits per heavy atom. The fourth-order valence-electron chi connectivity index (χ4n) is 3.68. The number of H-pyrrole nitrogens is 1. The van der Waals surface area contributed by atoms with E-state index in [0.29, 0.717) is 18.5 Å². The van der Waals surface area contributed by atoms with E-state index >= 15 is 0 Å². The first-order chi connectivity index (χ1) is 14.0. The fourth-order valence-corrected chi connectivity index (χ4v) is 3.68. The molecule has 2 amide bonds. The van der Waals surface area contributed by atoms with Gasteiger partial charge >= 0.3 is 5.97 Å². The van der Waals surface area contributed by atoms with E-state index in [1.165, 1.54) is 0 Å². The Hall–Kier alpha value is -3.61. The molecule has 7 heteroatoms. The Bertz CT molecular complexity index is 1070. The molecule has 4 rings (SSSR count). The molecule has 148 valence electrons. The largest absolute Gasteiger partial charge is 0.480 e. The molecule has 1 atom stereocenters. The summed E-state index contributed by atoms with van der Waals surface area (Å²) in [6, 6.07) is 13.2. The Morgan fingerprint density at radius 2 is 1.90 bits per heavy atom. The molecule has 2 heterocycles. The molecule has 0 unspecified atom stereocenters. The van der Waals surface area contributed by atoms with Gasteiger partial charge in [-0.3, -0.25) is 9.59 Å². The number of fused-ring (bicyclic) bond motifs is 1. The zero-order valence-electron chi connectivity index (χ0n) is 15.7. The molecule has 0 bridgehead atoms. The van der Waals surface area contributed by atoms with E-state index in [0.717, 1.165) is 28.6 Å². The molecule has 1 saturated heterocycles. The number of carboxylic acid groups (broad SMARTS) is 1. The number of carbonyl (C=O) groups excluding carboxylic acids is 2. The number of hydrogen-bond donors (Lipinski definition) is 3. The molecule has 7 nitrogen and oxygen atoms in total. The van der Waals surface area contributed by atoms with Crippen LogP contribution in [-0.4, -0.2) is 40.5 Å². The van der Waals surface area contributed by atoms with Crippen molar-refractivity contribution in [2.45, 2.75) is 25.3 Å². The minimum absolute atomic E-state index is 0.0758. The minimum Gasteiger partial charge on any atom is -0.480 e. The van der Waals surface area contributed by atoms with Gasteiger partial charge in [0.1, 0.15) is 6.04 Å². The Balaban J connectivity index is 1.47. The zero-order valence-corrected chi connectivity index (χ0v) is 15.7. The molecule has 1 aliphatic heterocycles. The molecule has 1 aliphatic rings. The topological polar surface area (TPSA) is 102 Å². The van der Waals surface area contributed by atoms with Crippen LogP contribution in [0, 0.1) is 0 Å². The monoisotopic (exact) mass is 391 g/mol. The van der Waals surface area contributed by atoms with Gasteiger partial charge in [-0.1, -0.05) is 18.2 Å². The highest BCUT2D eigenvalue weighted by Crippen LogP contribution is 2.22. The molecule has 1 fully saturated rings. The third-order valence-electron chi connectivity index (χ3n) is 5.22. The van der Waals surface area contributed by atoms with Crippen LogP contribution in [0.25, 0.3) is 10.9 Å². The van der Waals surface area contributed by atoms with Gasteiger partial charge in [-0.15, -0.1) is 0 Å². The highest BCUT2D eigenvalue weighted by molar-refractivity contribution is 5.99. The highest BCUT2D eigenvalue weighted by atomic mass is 16.4. The number of aromatic nitrogens is 1. The van der Waals surface area contributed by atoms with Gasteiger partial charge in [-0.05, 0) is 42.3 Å². The lowest BCUT2D eigenvalue weighted by atomic mass is 10.0. The van der Waals surface area contributed by atoms with Crippen LogP contribution >= 0.6 is 0 Å². The maximum atomic E-state index is 12.6. The Labute approximate surface area is 167 Å². The van der Waals surface area contributed by atoms with Crippen LogP contribution < -0.4 is 10.2 Å². The van der Waals surface area contributed by atoms with E-state index in [1.807, 2.05) is 24.3 Å². The van der Waals surface area contributed by atoms with Gasteiger partial charge in [0, 0.05) is 47.7 Å². The first-order valence-electron chi connectivity index (χ1n) is 9.52. The summed E-state index contributed by atoms with van der Waals surface area (Å²) in [7, 11) is 0. The first-order valence-corrected chi connectivity index (χ1v) is 9.52. The fraction of sp³-hybridized carbons (Fsp3) is 0.227. The number of para-hydroxylation sites is 1. The van der Waals surface area contributed by atoms with E-state index < -0.39 is 17.9 Å². The number of aliphatic carboxylic acids is 1. The minimum atomic E-state index is -1.09. The number of hydrogen-bond acceptors (Lipinski definition) is 3. The van der Waals surface area contributed by atoms with Gasteiger partial charge in [-0.25, -0.2) is 4.79 Å². The zero-order chi connectivity index (χ0) is 20.4. The molecule has 0 saturated carbocycles. The highest BCUT2D eigenvalue weighted by Gasteiger charge is 2.24. The molecular formula is C22H21N3O4. The number of benzene rings is 2. The van der Waals surface area contributed by atoms with Crippen LogP contribution in [0.2, 0.25) is 0 Å². The number of carboxylic acids is 1.